The number of ether oxygens (including phenoxy) is 2. The molecule has 6 nitrogen and oxygen atoms in total. The van der Waals surface area contributed by atoms with Crippen LogP contribution in [-0.2, 0) is 0 Å². The third-order valence-electron chi connectivity index (χ3n) is 4.90. The van der Waals surface area contributed by atoms with E-state index in [-0.39, 0.29) is 5.56 Å². The predicted octanol–water partition coefficient (Wildman–Crippen LogP) is 3.33. The first-order chi connectivity index (χ1) is 14.1. The molecular weight excluding hydrogens is 386 g/mol. The third-order valence-corrected chi connectivity index (χ3v) is 5.85. The van der Waals surface area contributed by atoms with Crippen LogP contribution in [0, 0.1) is 0 Å². The number of fused-ring (bicyclic) bond motifs is 2. The Bertz CT molecular complexity index is 1290. The zero-order valence-corrected chi connectivity index (χ0v) is 16.8. The van der Waals surface area contributed by atoms with E-state index in [0.717, 1.165) is 5.56 Å². The number of aromatic nitrogens is 3. The summed E-state index contributed by atoms with van der Waals surface area (Å²) in [6, 6.07) is 15.7. The van der Waals surface area contributed by atoms with Gasteiger partial charge in [-0.1, -0.05) is 61.6 Å². The van der Waals surface area contributed by atoms with Crippen molar-refractivity contribution in [2.24, 2.45) is 0 Å². The predicted molar refractivity (Wildman–Crippen MR) is 112 cm³/mol. The van der Waals surface area contributed by atoms with Crippen LogP contribution in [0.4, 0.5) is 0 Å². The molecule has 2 aromatic carbocycles. The SMILES string of the molecule is CC(C)c1ccc(/C=c2\sc3nc([C@@H]4COc5ccccc5O4)nn3c2=O)cc1. The summed E-state index contributed by atoms with van der Waals surface area (Å²) in [4.78, 5) is 17.8. The molecule has 0 saturated carbocycles. The molecule has 1 aliphatic rings. The van der Waals surface area contributed by atoms with Crippen LogP contribution in [0.1, 0.15) is 42.8 Å². The van der Waals surface area contributed by atoms with E-state index in [9.17, 15) is 4.79 Å². The van der Waals surface area contributed by atoms with Gasteiger partial charge in [-0.3, -0.25) is 4.79 Å². The van der Waals surface area contributed by atoms with E-state index in [1.54, 1.807) is 0 Å². The molecule has 5 rings (SSSR count). The molecule has 3 heterocycles. The van der Waals surface area contributed by atoms with E-state index in [0.29, 0.717) is 39.3 Å². The number of nitrogens with zero attached hydrogens (tertiary/aromatic N) is 3. The molecule has 7 heteroatoms. The molecule has 0 bridgehead atoms. The molecule has 0 saturated heterocycles. The highest BCUT2D eigenvalue weighted by atomic mass is 32.1. The van der Waals surface area contributed by atoms with E-state index >= 15 is 0 Å². The summed E-state index contributed by atoms with van der Waals surface area (Å²) in [7, 11) is 0. The van der Waals surface area contributed by atoms with Gasteiger partial charge in [-0.05, 0) is 35.3 Å². The fraction of sp³-hybridized carbons (Fsp3) is 0.227. The number of benzene rings is 2. The van der Waals surface area contributed by atoms with Crippen LogP contribution in [0.2, 0.25) is 0 Å². The second kappa shape index (κ2) is 7.00. The van der Waals surface area contributed by atoms with Crippen LogP contribution in [0.5, 0.6) is 11.5 Å². The highest BCUT2D eigenvalue weighted by Crippen LogP contribution is 2.35. The monoisotopic (exact) mass is 405 g/mol. The summed E-state index contributed by atoms with van der Waals surface area (Å²) in [6.07, 6.45) is 1.44. The molecule has 0 unspecified atom stereocenters. The molecule has 0 N–H and O–H groups in total. The minimum atomic E-state index is -0.438. The van der Waals surface area contributed by atoms with E-state index in [1.165, 1.54) is 21.4 Å². The highest BCUT2D eigenvalue weighted by Gasteiger charge is 2.27. The average molecular weight is 405 g/mol. The van der Waals surface area contributed by atoms with Gasteiger partial charge in [-0.25, -0.2) is 0 Å². The second-order valence-electron chi connectivity index (χ2n) is 7.27. The van der Waals surface area contributed by atoms with E-state index in [4.69, 9.17) is 9.47 Å². The highest BCUT2D eigenvalue weighted by molar-refractivity contribution is 7.15. The largest absolute Gasteiger partial charge is 0.485 e. The van der Waals surface area contributed by atoms with Gasteiger partial charge < -0.3 is 9.47 Å². The van der Waals surface area contributed by atoms with Gasteiger partial charge in [0.2, 0.25) is 4.96 Å². The number of para-hydroxylation sites is 2. The molecule has 0 aliphatic carbocycles. The van der Waals surface area contributed by atoms with Crippen molar-refractivity contribution in [3.8, 4) is 11.5 Å². The molecule has 146 valence electrons. The van der Waals surface area contributed by atoms with Gasteiger partial charge in [0.15, 0.2) is 23.4 Å². The van der Waals surface area contributed by atoms with E-state index in [1.807, 2.05) is 42.5 Å². The molecule has 0 fully saturated rings. The fourth-order valence-electron chi connectivity index (χ4n) is 3.26. The van der Waals surface area contributed by atoms with Gasteiger partial charge in [-0.15, -0.1) is 5.10 Å². The van der Waals surface area contributed by atoms with Crippen LogP contribution < -0.4 is 19.6 Å². The van der Waals surface area contributed by atoms with Crippen molar-refractivity contribution in [3.05, 3.63) is 80.4 Å². The van der Waals surface area contributed by atoms with Crippen molar-refractivity contribution < 1.29 is 9.47 Å². The summed E-state index contributed by atoms with van der Waals surface area (Å²) >= 11 is 1.32. The van der Waals surface area contributed by atoms with Crippen LogP contribution in [-0.4, -0.2) is 21.2 Å². The molecule has 4 aromatic rings. The Morgan fingerprint density at radius 3 is 2.62 bits per heavy atom. The lowest BCUT2D eigenvalue weighted by Gasteiger charge is -2.24. The maximum Gasteiger partial charge on any atom is 0.291 e. The standard InChI is InChI=1S/C22H19N3O3S/c1-13(2)15-9-7-14(8-10-15)11-19-21(26)25-22(29-19)23-20(24-25)18-12-27-16-5-3-4-6-17(16)28-18/h3-11,13,18H,12H2,1-2H3/b19-11-/t18-/m0/s1. The molecule has 1 aliphatic heterocycles. The van der Waals surface area contributed by atoms with Crippen molar-refractivity contribution in [2.45, 2.75) is 25.9 Å². The number of thiazole rings is 1. The maximum absolute atomic E-state index is 12.8. The minimum absolute atomic E-state index is 0.172. The molecule has 0 spiro atoms. The maximum atomic E-state index is 12.8. The number of hydrogen-bond acceptors (Lipinski definition) is 6. The fourth-order valence-corrected chi connectivity index (χ4v) is 4.18. The lowest BCUT2D eigenvalue weighted by atomic mass is 10.0. The van der Waals surface area contributed by atoms with Crippen molar-refractivity contribution in [3.63, 3.8) is 0 Å². The zero-order chi connectivity index (χ0) is 20.0. The van der Waals surface area contributed by atoms with Gasteiger partial charge in [0.1, 0.15) is 6.61 Å². The van der Waals surface area contributed by atoms with Gasteiger partial charge in [0, 0.05) is 0 Å². The van der Waals surface area contributed by atoms with Crippen LogP contribution in [0.25, 0.3) is 11.0 Å². The Labute approximate surface area is 171 Å². The molecule has 1 atom stereocenters. The van der Waals surface area contributed by atoms with Crippen molar-refractivity contribution in [1.82, 2.24) is 14.6 Å². The number of rotatable bonds is 3. The Morgan fingerprint density at radius 1 is 1.14 bits per heavy atom. The summed E-state index contributed by atoms with van der Waals surface area (Å²) in [5.41, 5.74) is 2.08. The summed E-state index contributed by atoms with van der Waals surface area (Å²) in [6.45, 7) is 4.63. The number of hydrogen-bond donors (Lipinski definition) is 0. The lowest BCUT2D eigenvalue weighted by molar-refractivity contribution is 0.0852. The summed E-state index contributed by atoms with van der Waals surface area (Å²) in [5, 5.41) is 4.39. The molecule has 0 amide bonds. The van der Waals surface area contributed by atoms with Crippen LogP contribution in [0.15, 0.2) is 53.3 Å². The Morgan fingerprint density at radius 2 is 1.90 bits per heavy atom. The lowest BCUT2D eigenvalue weighted by Crippen LogP contribution is -2.26. The van der Waals surface area contributed by atoms with E-state index < -0.39 is 6.10 Å². The second-order valence-corrected chi connectivity index (χ2v) is 8.27. The van der Waals surface area contributed by atoms with Crippen LogP contribution >= 0.6 is 11.3 Å². The van der Waals surface area contributed by atoms with E-state index in [2.05, 4.69) is 36.1 Å². The first kappa shape index (κ1) is 17.9. The summed E-state index contributed by atoms with van der Waals surface area (Å²) < 4.78 is 13.6. The van der Waals surface area contributed by atoms with Crippen molar-refractivity contribution >= 4 is 22.4 Å². The molecule has 2 aromatic heterocycles. The minimum Gasteiger partial charge on any atom is -0.485 e. The first-order valence-corrected chi connectivity index (χ1v) is 10.3. The van der Waals surface area contributed by atoms with Crippen LogP contribution in [0.3, 0.4) is 0 Å². The normalized spacial score (nSPS) is 16.7. The smallest absolute Gasteiger partial charge is 0.291 e. The quantitative estimate of drug-likeness (QED) is 0.523. The van der Waals surface area contributed by atoms with Gasteiger partial charge in [-0.2, -0.15) is 9.50 Å². The van der Waals surface area contributed by atoms with Gasteiger partial charge >= 0.3 is 0 Å². The van der Waals surface area contributed by atoms with Gasteiger partial charge in [0.25, 0.3) is 5.56 Å². The van der Waals surface area contributed by atoms with Crippen molar-refractivity contribution in [2.75, 3.05) is 6.61 Å². The Kier molecular flexibility index (Phi) is 4.32. The third kappa shape index (κ3) is 3.27. The molecular formula is C22H19N3O3S. The Balaban J connectivity index is 1.45. The first-order valence-electron chi connectivity index (χ1n) is 9.48. The summed E-state index contributed by atoms with van der Waals surface area (Å²) in [5.74, 6) is 2.29. The van der Waals surface area contributed by atoms with Crippen molar-refractivity contribution in [1.29, 1.82) is 0 Å². The molecule has 0 radical (unpaired) electrons. The molecule has 29 heavy (non-hydrogen) atoms. The average Bonchev–Trinajstić information content (AvgIpc) is 3.28. The Hall–Kier alpha value is -3.19. The topological polar surface area (TPSA) is 65.7 Å². The van der Waals surface area contributed by atoms with Gasteiger partial charge in [0.05, 0.1) is 4.53 Å². The zero-order valence-electron chi connectivity index (χ0n) is 16.0.